The zero-order valence-electron chi connectivity index (χ0n) is 11.5. The van der Waals surface area contributed by atoms with Gasteiger partial charge in [-0.3, -0.25) is 14.9 Å². The van der Waals surface area contributed by atoms with Crippen LogP contribution in [0.3, 0.4) is 0 Å². The highest BCUT2D eigenvalue weighted by atomic mass is 16.5. The summed E-state index contributed by atoms with van der Waals surface area (Å²) in [4.78, 5) is 13.8. The molecule has 1 aromatic rings. The van der Waals surface area contributed by atoms with Crippen LogP contribution in [-0.4, -0.2) is 28.1 Å². The van der Waals surface area contributed by atoms with Gasteiger partial charge in [0.1, 0.15) is 0 Å². The SMILES string of the molecule is O=C(C=C1CC2CCC(C1)N2Cc1ccccc1)NO. The molecule has 106 valence electrons. The average molecular weight is 272 g/mol. The molecule has 2 bridgehead atoms. The predicted molar refractivity (Wildman–Crippen MR) is 76.0 cm³/mol. The molecule has 2 atom stereocenters. The van der Waals surface area contributed by atoms with Crippen molar-refractivity contribution in [1.82, 2.24) is 10.4 Å². The number of fused-ring (bicyclic) bond motifs is 2. The first-order valence-electron chi connectivity index (χ1n) is 7.19. The number of piperidine rings is 1. The third kappa shape index (κ3) is 2.76. The van der Waals surface area contributed by atoms with Gasteiger partial charge in [-0.15, -0.1) is 0 Å². The van der Waals surface area contributed by atoms with Crippen LogP contribution >= 0.6 is 0 Å². The Labute approximate surface area is 119 Å². The van der Waals surface area contributed by atoms with Crippen LogP contribution in [0.25, 0.3) is 0 Å². The molecule has 1 aromatic carbocycles. The number of nitrogens with one attached hydrogen (secondary N) is 1. The van der Waals surface area contributed by atoms with Gasteiger partial charge in [0.25, 0.3) is 5.91 Å². The zero-order valence-corrected chi connectivity index (χ0v) is 11.5. The fourth-order valence-corrected chi connectivity index (χ4v) is 3.53. The number of benzene rings is 1. The molecule has 2 fully saturated rings. The minimum Gasteiger partial charge on any atom is -0.293 e. The summed E-state index contributed by atoms with van der Waals surface area (Å²) in [6, 6.07) is 11.6. The summed E-state index contributed by atoms with van der Waals surface area (Å²) in [6.45, 7) is 0.996. The second-order valence-corrected chi connectivity index (χ2v) is 5.73. The minimum absolute atomic E-state index is 0.407. The van der Waals surface area contributed by atoms with Crippen molar-refractivity contribution in [1.29, 1.82) is 0 Å². The molecule has 2 saturated heterocycles. The van der Waals surface area contributed by atoms with Crippen molar-refractivity contribution in [3.63, 3.8) is 0 Å². The second kappa shape index (κ2) is 5.77. The summed E-state index contributed by atoms with van der Waals surface area (Å²) in [5.41, 5.74) is 4.20. The predicted octanol–water partition coefficient (Wildman–Crippen LogP) is 2.25. The average Bonchev–Trinajstić information content (AvgIpc) is 2.71. The summed E-state index contributed by atoms with van der Waals surface area (Å²) in [5, 5.41) is 8.61. The molecule has 20 heavy (non-hydrogen) atoms. The lowest BCUT2D eigenvalue weighted by molar-refractivity contribution is -0.124. The number of amides is 1. The van der Waals surface area contributed by atoms with E-state index >= 15 is 0 Å². The van der Waals surface area contributed by atoms with Crippen molar-refractivity contribution in [2.24, 2.45) is 0 Å². The van der Waals surface area contributed by atoms with E-state index in [0.717, 1.165) is 25.0 Å². The fraction of sp³-hybridized carbons (Fsp3) is 0.438. The number of hydrogen-bond acceptors (Lipinski definition) is 3. The molecule has 4 nitrogen and oxygen atoms in total. The number of rotatable bonds is 3. The minimum atomic E-state index is -0.407. The third-order valence-electron chi connectivity index (χ3n) is 4.42. The first-order chi connectivity index (χ1) is 9.76. The molecule has 0 aromatic heterocycles. The van der Waals surface area contributed by atoms with Gasteiger partial charge in [0.15, 0.2) is 0 Å². The molecule has 0 saturated carbocycles. The lowest BCUT2D eigenvalue weighted by Crippen LogP contribution is -2.40. The van der Waals surface area contributed by atoms with Crippen LogP contribution in [0.1, 0.15) is 31.2 Å². The van der Waals surface area contributed by atoms with E-state index in [0.29, 0.717) is 12.1 Å². The Morgan fingerprint density at radius 1 is 1.25 bits per heavy atom. The highest BCUT2D eigenvalue weighted by molar-refractivity contribution is 5.87. The van der Waals surface area contributed by atoms with E-state index in [2.05, 4.69) is 29.2 Å². The number of hydroxylamine groups is 1. The fourth-order valence-electron chi connectivity index (χ4n) is 3.53. The molecule has 2 heterocycles. The maximum atomic E-state index is 11.2. The van der Waals surface area contributed by atoms with Gasteiger partial charge >= 0.3 is 0 Å². The van der Waals surface area contributed by atoms with E-state index in [1.807, 2.05) is 6.07 Å². The van der Waals surface area contributed by atoms with Crippen molar-refractivity contribution >= 4 is 5.91 Å². The van der Waals surface area contributed by atoms with E-state index in [1.165, 1.54) is 18.4 Å². The van der Waals surface area contributed by atoms with Crippen LogP contribution in [0.2, 0.25) is 0 Å². The summed E-state index contributed by atoms with van der Waals surface area (Å²) >= 11 is 0. The normalized spacial score (nSPS) is 25.6. The van der Waals surface area contributed by atoms with Crippen LogP contribution in [0.15, 0.2) is 42.0 Å². The van der Waals surface area contributed by atoms with Gasteiger partial charge in [0.05, 0.1) is 0 Å². The molecule has 2 N–H and O–H groups in total. The summed E-state index contributed by atoms with van der Waals surface area (Å²) in [7, 11) is 0. The van der Waals surface area contributed by atoms with Gasteiger partial charge < -0.3 is 0 Å². The van der Waals surface area contributed by atoms with E-state index in [9.17, 15) is 4.79 Å². The maximum Gasteiger partial charge on any atom is 0.267 e. The zero-order chi connectivity index (χ0) is 13.9. The van der Waals surface area contributed by atoms with E-state index in [-0.39, 0.29) is 0 Å². The van der Waals surface area contributed by atoms with Crippen LogP contribution in [0.5, 0.6) is 0 Å². The largest absolute Gasteiger partial charge is 0.293 e. The third-order valence-corrected chi connectivity index (χ3v) is 4.42. The van der Waals surface area contributed by atoms with E-state index < -0.39 is 5.91 Å². The van der Waals surface area contributed by atoms with Gasteiger partial charge in [0, 0.05) is 24.7 Å². The number of nitrogens with zero attached hydrogens (tertiary/aromatic N) is 1. The summed E-state index contributed by atoms with van der Waals surface area (Å²) < 4.78 is 0. The highest BCUT2D eigenvalue weighted by Crippen LogP contribution is 2.39. The van der Waals surface area contributed by atoms with E-state index in [4.69, 9.17) is 5.21 Å². The van der Waals surface area contributed by atoms with Crippen molar-refractivity contribution in [2.75, 3.05) is 0 Å². The van der Waals surface area contributed by atoms with Crippen molar-refractivity contribution in [2.45, 2.75) is 44.3 Å². The smallest absolute Gasteiger partial charge is 0.267 e. The van der Waals surface area contributed by atoms with Crippen LogP contribution in [0.4, 0.5) is 0 Å². The maximum absolute atomic E-state index is 11.2. The Morgan fingerprint density at radius 2 is 1.90 bits per heavy atom. The van der Waals surface area contributed by atoms with Gasteiger partial charge in [-0.25, -0.2) is 5.48 Å². The summed E-state index contributed by atoms with van der Waals surface area (Å²) in [5.74, 6) is -0.407. The Hall–Kier alpha value is -1.65. The number of hydrogen-bond donors (Lipinski definition) is 2. The highest BCUT2D eigenvalue weighted by Gasteiger charge is 2.38. The standard InChI is InChI=1S/C16H20N2O2/c19-16(17-20)10-13-8-14-6-7-15(9-13)18(14)11-12-4-2-1-3-5-12/h1-5,10,14-15,20H,6-9,11H2,(H,17,19). The molecule has 4 heteroatoms. The van der Waals surface area contributed by atoms with Crippen LogP contribution in [0, 0.1) is 0 Å². The van der Waals surface area contributed by atoms with Crippen molar-refractivity contribution in [3.05, 3.63) is 47.5 Å². The lowest BCUT2D eigenvalue weighted by atomic mass is 9.95. The topological polar surface area (TPSA) is 52.6 Å². The molecule has 0 radical (unpaired) electrons. The number of carbonyl (C=O) groups excluding carboxylic acids is 1. The molecule has 1 amide bonds. The van der Waals surface area contributed by atoms with Crippen LogP contribution in [-0.2, 0) is 11.3 Å². The summed E-state index contributed by atoms with van der Waals surface area (Å²) in [6.07, 6.45) is 5.85. The second-order valence-electron chi connectivity index (χ2n) is 5.73. The molecule has 3 rings (SSSR count). The first kappa shape index (κ1) is 13.3. The van der Waals surface area contributed by atoms with Gasteiger partial charge in [0.2, 0.25) is 0 Å². The molecule has 0 aliphatic carbocycles. The molecule has 2 unspecified atom stereocenters. The molecular formula is C16H20N2O2. The quantitative estimate of drug-likeness (QED) is 0.504. The first-order valence-corrected chi connectivity index (χ1v) is 7.19. The Morgan fingerprint density at radius 3 is 2.50 bits per heavy atom. The lowest BCUT2D eigenvalue weighted by Gasteiger charge is -2.36. The Kier molecular flexibility index (Phi) is 3.85. The van der Waals surface area contributed by atoms with Crippen LogP contribution < -0.4 is 5.48 Å². The van der Waals surface area contributed by atoms with Crippen molar-refractivity contribution < 1.29 is 10.0 Å². The molecule has 0 spiro atoms. The number of carbonyl (C=O) groups is 1. The Balaban J connectivity index is 1.69. The monoisotopic (exact) mass is 272 g/mol. The van der Waals surface area contributed by atoms with Gasteiger partial charge in [-0.05, 0) is 31.2 Å². The molecule has 2 aliphatic rings. The van der Waals surface area contributed by atoms with E-state index in [1.54, 1.807) is 11.6 Å². The molecular weight excluding hydrogens is 252 g/mol. The molecule has 2 aliphatic heterocycles. The Bertz CT molecular complexity index is 496. The van der Waals surface area contributed by atoms with Gasteiger partial charge in [-0.1, -0.05) is 35.9 Å². The van der Waals surface area contributed by atoms with Crippen molar-refractivity contribution in [3.8, 4) is 0 Å². The van der Waals surface area contributed by atoms with Gasteiger partial charge in [-0.2, -0.15) is 0 Å².